The van der Waals surface area contributed by atoms with Crippen molar-refractivity contribution < 1.29 is 14.7 Å². The number of rotatable bonds is 4. The molecule has 0 spiro atoms. The van der Waals surface area contributed by atoms with E-state index in [-0.39, 0.29) is 23.0 Å². The lowest BCUT2D eigenvalue weighted by atomic mass is 10.0. The summed E-state index contributed by atoms with van der Waals surface area (Å²) in [6, 6.07) is 24.3. The molecule has 0 unspecified atom stereocenters. The number of aromatic nitrogens is 2. The molecule has 2 N–H and O–H groups in total. The van der Waals surface area contributed by atoms with Crippen LogP contribution in [-0.4, -0.2) is 26.2 Å². The topological polar surface area (TPSA) is 83.7 Å². The molecule has 150 valence electrons. The SMILES string of the molecule is O=C(Nc1cc(C(=O)c2ccccc2O)cn2c1nc1ccccc12)c1ccccc1. The Labute approximate surface area is 177 Å². The van der Waals surface area contributed by atoms with E-state index in [0.717, 1.165) is 11.0 Å². The minimum atomic E-state index is -0.354. The number of fused-ring (bicyclic) bond motifs is 3. The van der Waals surface area contributed by atoms with Crippen LogP contribution in [0.1, 0.15) is 26.3 Å². The van der Waals surface area contributed by atoms with Crippen LogP contribution in [0.5, 0.6) is 5.75 Å². The lowest BCUT2D eigenvalue weighted by molar-refractivity contribution is 0.102. The quantitative estimate of drug-likeness (QED) is 0.424. The first-order valence-electron chi connectivity index (χ1n) is 9.72. The van der Waals surface area contributed by atoms with Crippen LogP contribution in [0.3, 0.4) is 0 Å². The fourth-order valence-corrected chi connectivity index (χ4v) is 3.58. The zero-order valence-corrected chi connectivity index (χ0v) is 16.3. The lowest BCUT2D eigenvalue weighted by Gasteiger charge is -2.11. The molecule has 5 aromatic rings. The summed E-state index contributed by atoms with van der Waals surface area (Å²) in [5, 5.41) is 13.0. The largest absolute Gasteiger partial charge is 0.507 e. The maximum atomic E-state index is 13.2. The van der Waals surface area contributed by atoms with Gasteiger partial charge in [-0.2, -0.15) is 0 Å². The Morgan fingerprint density at radius 2 is 1.55 bits per heavy atom. The van der Waals surface area contributed by atoms with E-state index in [1.807, 2.05) is 30.3 Å². The van der Waals surface area contributed by atoms with Crippen LogP contribution in [0.15, 0.2) is 91.1 Å². The first-order valence-corrected chi connectivity index (χ1v) is 9.72. The number of pyridine rings is 1. The summed E-state index contributed by atoms with van der Waals surface area (Å²) >= 11 is 0. The van der Waals surface area contributed by atoms with Crippen molar-refractivity contribution >= 4 is 34.1 Å². The molecular formula is C25H17N3O3. The molecule has 0 atom stereocenters. The van der Waals surface area contributed by atoms with Gasteiger partial charge in [-0.05, 0) is 42.5 Å². The summed E-state index contributed by atoms with van der Waals surface area (Å²) in [7, 11) is 0. The highest BCUT2D eigenvalue weighted by molar-refractivity contribution is 6.13. The van der Waals surface area contributed by atoms with Crippen molar-refractivity contribution in [3.05, 3.63) is 108 Å². The molecule has 0 saturated carbocycles. The number of anilines is 1. The van der Waals surface area contributed by atoms with Crippen molar-refractivity contribution in [1.29, 1.82) is 0 Å². The minimum absolute atomic E-state index is 0.0991. The molecule has 2 heterocycles. The Morgan fingerprint density at radius 1 is 0.839 bits per heavy atom. The smallest absolute Gasteiger partial charge is 0.255 e. The number of nitrogens with one attached hydrogen (secondary N) is 1. The van der Waals surface area contributed by atoms with E-state index in [4.69, 9.17) is 0 Å². The fourth-order valence-electron chi connectivity index (χ4n) is 3.58. The Morgan fingerprint density at radius 3 is 2.35 bits per heavy atom. The number of hydrogen-bond donors (Lipinski definition) is 2. The number of para-hydroxylation sites is 3. The maximum Gasteiger partial charge on any atom is 0.255 e. The Balaban J connectivity index is 1.69. The van der Waals surface area contributed by atoms with Crippen LogP contribution in [0.25, 0.3) is 16.7 Å². The molecule has 0 bridgehead atoms. The van der Waals surface area contributed by atoms with E-state index in [2.05, 4.69) is 10.3 Å². The second kappa shape index (κ2) is 7.42. The normalized spacial score (nSPS) is 11.0. The molecule has 2 aromatic heterocycles. The monoisotopic (exact) mass is 407 g/mol. The van der Waals surface area contributed by atoms with E-state index in [0.29, 0.717) is 22.5 Å². The summed E-state index contributed by atoms with van der Waals surface area (Å²) < 4.78 is 1.78. The molecule has 0 aliphatic rings. The molecule has 1 amide bonds. The van der Waals surface area contributed by atoms with E-state index in [9.17, 15) is 14.7 Å². The van der Waals surface area contributed by atoms with Crippen LogP contribution >= 0.6 is 0 Å². The average Bonchev–Trinajstić information content (AvgIpc) is 3.18. The number of benzene rings is 3. The molecule has 0 aliphatic carbocycles. The number of phenolic OH excluding ortho intramolecular Hbond substituents is 1. The third-order valence-electron chi connectivity index (χ3n) is 5.10. The van der Waals surface area contributed by atoms with Crippen LogP contribution in [0.4, 0.5) is 5.69 Å². The zero-order valence-electron chi connectivity index (χ0n) is 16.3. The van der Waals surface area contributed by atoms with Gasteiger partial charge in [0, 0.05) is 17.3 Å². The van der Waals surface area contributed by atoms with E-state index in [1.54, 1.807) is 59.1 Å². The number of aromatic hydroxyl groups is 1. The van der Waals surface area contributed by atoms with Crippen LogP contribution < -0.4 is 5.32 Å². The van der Waals surface area contributed by atoms with E-state index < -0.39 is 0 Å². The van der Waals surface area contributed by atoms with Gasteiger partial charge in [0.25, 0.3) is 5.91 Å². The van der Waals surface area contributed by atoms with Gasteiger partial charge in [-0.1, -0.05) is 42.5 Å². The summed E-state index contributed by atoms with van der Waals surface area (Å²) in [5.74, 6) is -0.757. The minimum Gasteiger partial charge on any atom is -0.507 e. The molecule has 3 aromatic carbocycles. The highest BCUT2D eigenvalue weighted by atomic mass is 16.3. The van der Waals surface area contributed by atoms with Crippen molar-refractivity contribution in [2.45, 2.75) is 0 Å². The van der Waals surface area contributed by atoms with E-state index in [1.165, 1.54) is 6.07 Å². The number of phenols is 1. The number of hydrogen-bond acceptors (Lipinski definition) is 4. The van der Waals surface area contributed by atoms with Crippen molar-refractivity contribution in [1.82, 2.24) is 9.38 Å². The average molecular weight is 407 g/mol. The van der Waals surface area contributed by atoms with Crippen molar-refractivity contribution in [2.24, 2.45) is 0 Å². The number of carbonyl (C=O) groups is 2. The predicted octanol–water partition coefficient (Wildman–Crippen LogP) is 4.68. The molecule has 0 fully saturated rings. The molecule has 6 heteroatoms. The number of nitrogens with zero attached hydrogens (tertiary/aromatic N) is 2. The number of imidazole rings is 1. The van der Waals surface area contributed by atoms with Crippen molar-refractivity contribution in [3.8, 4) is 5.75 Å². The number of amides is 1. The summed E-state index contributed by atoms with van der Waals surface area (Å²) in [6.07, 6.45) is 1.68. The third kappa shape index (κ3) is 3.30. The summed E-state index contributed by atoms with van der Waals surface area (Å²) in [5.41, 5.74) is 3.48. The molecule has 0 aliphatic heterocycles. The highest BCUT2D eigenvalue weighted by Gasteiger charge is 2.19. The molecule has 6 nitrogen and oxygen atoms in total. The standard InChI is InChI=1S/C25H17N3O3/c29-22-13-7-4-10-18(22)23(30)17-14-20(27-25(31)16-8-2-1-3-9-16)24-26-19-11-5-6-12-21(19)28(24)15-17/h1-15,29H,(H,27,31). The van der Waals surface area contributed by atoms with E-state index >= 15 is 0 Å². The van der Waals surface area contributed by atoms with Crippen molar-refractivity contribution in [2.75, 3.05) is 5.32 Å². The van der Waals surface area contributed by atoms with Gasteiger partial charge in [-0.15, -0.1) is 0 Å². The summed E-state index contributed by atoms with van der Waals surface area (Å²) in [6.45, 7) is 0. The van der Waals surface area contributed by atoms with Crippen LogP contribution in [0, 0.1) is 0 Å². The van der Waals surface area contributed by atoms with Gasteiger partial charge in [-0.3, -0.25) is 14.0 Å². The lowest BCUT2D eigenvalue weighted by Crippen LogP contribution is -2.14. The maximum absolute atomic E-state index is 13.2. The highest BCUT2D eigenvalue weighted by Crippen LogP contribution is 2.27. The Hall–Kier alpha value is -4.45. The van der Waals surface area contributed by atoms with Gasteiger partial charge in [0.15, 0.2) is 11.4 Å². The molecule has 31 heavy (non-hydrogen) atoms. The summed E-state index contributed by atoms with van der Waals surface area (Å²) in [4.78, 5) is 30.6. The number of ketones is 1. The first-order chi connectivity index (χ1) is 15.1. The second-order valence-corrected chi connectivity index (χ2v) is 7.10. The molecular weight excluding hydrogens is 390 g/mol. The first kappa shape index (κ1) is 18.6. The van der Waals surface area contributed by atoms with Gasteiger partial charge in [0.1, 0.15) is 5.75 Å². The van der Waals surface area contributed by atoms with Gasteiger partial charge in [-0.25, -0.2) is 4.98 Å². The zero-order chi connectivity index (χ0) is 21.4. The van der Waals surface area contributed by atoms with Gasteiger partial charge in [0.05, 0.1) is 22.3 Å². The molecule has 0 saturated heterocycles. The van der Waals surface area contributed by atoms with Crippen molar-refractivity contribution in [3.63, 3.8) is 0 Å². The van der Waals surface area contributed by atoms with Crippen LogP contribution in [0.2, 0.25) is 0 Å². The predicted molar refractivity (Wildman–Crippen MR) is 119 cm³/mol. The van der Waals surface area contributed by atoms with Crippen LogP contribution in [-0.2, 0) is 0 Å². The number of carbonyl (C=O) groups excluding carboxylic acids is 2. The molecule has 5 rings (SSSR count). The van der Waals surface area contributed by atoms with Gasteiger partial charge < -0.3 is 10.4 Å². The van der Waals surface area contributed by atoms with Gasteiger partial charge in [0.2, 0.25) is 0 Å². The Kier molecular flexibility index (Phi) is 4.45. The second-order valence-electron chi connectivity index (χ2n) is 7.10. The third-order valence-corrected chi connectivity index (χ3v) is 5.10. The Bertz CT molecular complexity index is 1460. The fraction of sp³-hybridized carbons (Fsp3) is 0. The molecule has 0 radical (unpaired) electrons. The van der Waals surface area contributed by atoms with Gasteiger partial charge >= 0.3 is 0 Å².